The minimum atomic E-state index is -0.332. The molecule has 1 heterocycles. The van der Waals surface area contributed by atoms with Gasteiger partial charge in [-0.15, -0.1) is 0 Å². The number of benzene rings is 1. The molecule has 1 unspecified atom stereocenters. The van der Waals surface area contributed by atoms with Crippen LogP contribution in [0, 0.1) is 0 Å². The van der Waals surface area contributed by atoms with Gasteiger partial charge in [0.1, 0.15) is 0 Å². The van der Waals surface area contributed by atoms with Crippen molar-refractivity contribution in [3.8, 4) is 0 Å². The van der Waals surface area contributed by atoms with Crippen molar-refractivity contribution < 1.29 is 14.3 Å². The number of nitrogens with one attached hydrogen (secondary N) is 1. The monoisotopic (exact) mass is 283 g/mol. The highest BCUT2D eigenvalue weighted by Gasteiger charge is 2.30. The number of halogens is 1. The van der Waals surface area contributed by atoms with Crippen molar-refractivity contribution in [1.29, 1.82) is 0 Å². The second-order valence-corrected chi connectivity index (χ2v) is 4.45. The molecular weight excluding hydrogens is 274 g/mol. The van der Waals surface area contributed by atoms with E-state index in [4.69, 9.17) is 0 Å². The molecule has 84 valence electrons. The highest BCUT2D eigenvalue weighted by atomic mass is 79.9. The Bertz CT molecular complexity index is 459. The quantitative estimate of drug-likeness (QED) is 0.842. The molecule has 1 amide bonds. The van der Waals surface area contributed by atoms with E-state index in [0.717, 1.165) is 10.0 Å². The Morgan fingerprint density at radius 3 is 3.00 bits per heavy atom. The second-order valence-electron chi connectivity index (χ2n) is 3.54. The number of fused-ring (bicyclic) bond motifs is 1. The fourth-order valence-electron chi connectivity index (χ4n) is 1.75. The van der Waals surface area contributed by atoms with Gasteiger partial charge in [-0.05, 0) is 17.7 Å². The molecule has 1 aromatic rings. The zero-order valence-corrected chi connectivity index (χ0v) is 10.2. The number of carbonyl (C=O) groups is 2. The Labute approximate surface area is 101 Å². The second kappa shape index (κ2) is 4.25. The van der Waals surface area contributed by atoms with Crippen molar-refractivity contribution >= 4 is 27.8 Å². The minimum Gasteiger partial charge on any atom is -0.469 e. The van der Waals surface area contributed by atoms with Gasteiger partial charge in [0, 0.05) is 10.0 Å². The number of carbonyl (C=O) groups excluding carboxylic acids is 2. The summed E-state index contributed by atoms with van der Waals surface area (Å²) in [4.78, 5) is 22.8. The normalized spacial score (nSPS) is 17.9. The van der Waals surface area contributed by atoms with Crippen LogP contribution in [0.25, 0.3) is 0 Å². The first-order valence-corrected chi connectivity index (χ1v) is 5.58. The van der Waals surface area contributed by atoms with Gasteiger partial charge in [-0.3, -0.25) is 9.59 Å². The van der Waals surface area contributed by atoms with Gasteiger partial charge >= 0.3 is 5.97 Å². The molecule has 0 saturated heterocycles. The van der Waals surface area contributed by atoms with Crippen LogP contribution in [-0.2, 0) is 9.53 Å². The van der Waals surface area contributed by atoms with Gasteiger partial charge in [-0.2, -0.15) is 0 Å². The maximum Gasteiger partial charge on any atom is 0.307 e. The number of rotatable bonds is 2. The van der Waals surface area contributed by atoms with Gasteiger partial charge < -0.3 is 10.1 Å². The largest absolute Gasteiger partial charge is 0.469 e. The van der Waals surface area contributed by atoms with Crippen LogP contribution < -0.4 is 5.32 Å². The van der Waals surface area contributed by atoms with Crippen LogP contribution in [0.1, 0.15) is 28.4 Å². The van der Waals surface area contributed by atoms with Gasteiger partial charge in [0.15, 0.2) is 0 Å². The molecule has 4 nitrogen and oxygen atoms in total. The Morgan fingerprint density at radius 1 is 1.56 bits per heavy atom. The van der Waals surface area contributed by atoms with Crippen molar-refractivity contribution in [2.24, 2.45) is 0 Å². The van der Waals surface area contributed by atoms with Crippen LogP contribution in [0.4, 0.5) is 0 Å². The number of esters is 1. The van der Waals surface area contributed by atoms with E-state index in [1.165, 1.54) is 7.11 Å². The van der Waals surface area contributed by atoms with Gasteiger partial charge in [0.2, 0.25) is 0 Å². The van der Waals surface area contributed by atoms with E-state index < -0.39 is 0 Å². The minimum absolute atomic E-state index is 0.148. The Kier molecular flexibility index (Phi) is 2.96. The first kappa shape index (κ1) is 11.1. The fourth-order valence-corrected chi connectivity index (χ4v) is 2.11. The molecule has 1 aromatic carbocycles. The first-order valence-electron chi connectivity index (χ1n) is 4.79. The highest BCUT2D eigenvalue weighted by Crippen LogP contribution is 2.30. The van der Waals surface area contributed by atoms with E-state index in [1.807, 2.05) is 12.1 Å². The fraction of sp³-hybridized carbons (Fsp3) is 0.273. The first-order chi connectivity index (χ1) is 7.61. The molecule has 0 fully saturated rings. The summed E-state index contributed by atoms with van der Waals surface area (Å²) in [5.74, 6) is -0.480. The van der Waals surface area contributed by atoms with Gasteiger partial charge in [0.25, 0.3) is 5.91 Å². The van der Waals surface area contributed by atoms with E-state index in [2.05, 4.69) is 26.0 Å². The van der Waals surface area contributed by atoms with Crippen LogP contribution in [0.15, 0.2) is 22.7 Å². The summed E-state index contributed by atoms with van der Waals surface area (Å²) in [5.41, 5.74) is 1.46. The lowest BCUT2D eigenvalue weighted by Gasteiger charge is -2.09. The van der Waals surface area contributed by atoms with Crippen LogP contribution in [0.3, 0.4) is 0 Å². The zero-order chi connectivity index (χ0) is 11.7. The SMILES string of the molecule is COC(=O)CC1NC(=O)c2cc(Br)ccc21. The Balaban J connectivity index is 2.29. The van der Waals surface area contributed by atoms with Crippen LogP contribution in [0.2, 0.25) is 0 Å². The summed E-state index contributed by atoms with van der Waals surface area (Å²) < 4.78 is 5.43. The number of methoxy groups -OCH3 is 1. The lowest BCUT2D eigenvalue weighted by molar-refractivity contribution is -0.141. The standard InChI is InChI=1S/C11H10BrNO3/c1-16-10(14)5-9-7-3-2-6(12)4-8(7)11(15)13-9/h2-4,9H,5H2,1H3,(H,13,15). The molecule has 0 aromatic heterocycles. The molecular formula is C11H10BrNO3. The van der Waals surface area contributed by atoms with Gasteiger partial charge in [-0.1, -0.05) is 22.0 Å². The molecule has 0 aliphatic carbocycles. The van der Waals surface area contributed by atoms with Gasteiger partial charge in [0.05, 0.1) is 19.6 Å². The van der Waals surface area contributed by atoms with E-state index >= 15 is 0 Å². The molecule has 0 saturated carbocycles. The van der Waals surface area contributed by atoms with E-state index in [1.54, 1.807) is 6.07 Å². The van der Waals surface area contributed by atoms with Gasteiger partial charge in [-0.25, -0.2) is 0 Å². The Morgan fingerprint density at radius 2 is 2.31 bits per heavy atom. The molecule has 1 aliphatic heterocycles. The third-order valence-corrected chi connectivity index (χ3v) is 3.03. The summed E-state index contributed by atoms with van der Waals surface area (Å²) in [6, 6.07) is 5.17. The molecule has 0 radical (unpaired) electrons. The summed E-state index contributed by atoms with van der Waals surface area (Å²) in [6.45, 7) is 0. The lowest BCUT2D eigenvalue weighted by Crippen LogP contribution is -2.21. The maximum absolute atomic E-state index is 11.6. The number of amides is 1. The molecule has 1 atom stereocenters. The third-order valence-electron chi connectivity index (χ3n) is 2.54. The number of hydrogen-bond acceptors (Lipinski definition) is 3. The summed E-state index contributed by atoms with van der Waals surface area (Å²) in [5, 5.41) is 2.75. The average Bonchev–Trinajstić information content (AvgIpc) is 2.55. The van der Waals surface area contributed by atoms with Crippen molar-refractivity contribution in [3.63, 3.8) is 0 Å². The highest BCUT2D eigenvalue weighted by molar-refractivity contribution is 9.10. The molecule has 1 N–H and O–H groups in total. The summed E-state index contributed by atoms with van der Waals surface area (Å²) in [7, 11) is 1.33. The van der Waals surface area contributed by atoms with Crippen LogP contribution >= 0.6 is 15.9 Å². The molecule has 5 heteroatoms. The van der Waals surface area contributed by atoms with Crippen molar-refractivity contribution in [1.82, 2.24) is 5.32 Å². The predicted molar refractivity (Wildman–Crippen MR) is 61.0 cm³/mol. The summed E-state index contributed by atoms with van der Waals surface area (Å²) in [6.07, 6.45) is 0.164. The summed E-state index contributed by atoms with van der Waals surface area (Å²) >= 11 is 3.31. The predicted octanol–water partition coefficient (Wildman–Crippen LogP) is 1.80. The van der Waals surface area contributed by atoms with Crippen molar-refractivity contribution in [3.05, 3.63) is 33.8 Å². The van der Waals surface area contributed by atoms with Crippen molar-refractivity contribution in [2.75, 3.05) is 7.11 Å². The lowest BCUT2D eigenvalue weighted by atomic mass is 10.0. The number of hydrogen-bond donors (Lipinski definition) is 1. The van der Waals surface area contributed by atoms with E-state index in [9.17, 15) is 9.59 Å². The zero-order valence-electron chi connectivity index (χ0n) is 8.62. The third kappa shape index (κ3) is 1.95. The smallest absolute Gasteiger partial charge is 0.307 e. The topological polar surface area (TPSA) is 55.4 Å². The van der Waals surface area contributed by atoms with E-state index in [0.29, 0.717) is 5.56 Å². The maximum atomic E-state index is 11.6. The molecule has 0 spiro atoms. The molecule has 16 heavy (non-hydrogen) atoms. The van der Waals surface area contributed by atoms with Crippen molar-refractivity contribution in [2.45, 2.75) is 12.5 Å². The molecule has 1 aliphatic rings. The van der Waals surface area contributed by atoms with Crippen LogP contribution in [-0.4, -0.2) is 19.0 Å². The average molecular weight is 284 g/mol. The Hall–Kier alpha value is -1.36. The number of ether oxygens (including phenoxy) is 1. The molecule has 0 bridgehead atoms. The van der Waals surface area contributed by atoms with E-state index in [-0.39, 0.29) is 24.3 Å². The van der Waals surface area contributed by atoms with Crippen LogP contribution in [0.5, 0.6) is 0 Å². The molecule has 2 rings (SSSR count).